The van der Waals surface area contributed by atoms with Crippen molar-refractivity contribution in [3.63, 3.8) is 0 Å². The zero-order valence-corrected chi connectivity index (χ0v) is 13.2. The van der Waals surface area contributed by atoms with E-state index in [-0.39, 0.29) is 11.8 Å². The van der Waals surface area contributed by atoms with E-state index >= 15 is 0 Å². The van der Waals surface area contributed by atoms with Gasteiger partial charge in [0.2, 0.25) is 5.91 Å². The molecule has 0 radical (unpaired) electrons. The summed E-state index contributed by atoms with van der Waals surface area (Å²) in [5.41, 5.74) is 1.53. The summed E-state index contributed by atoms with van der Waals surface area (Å²) in [6, 6.07) is 9.77. The Hall–Kier alpha value is -1.48. The number of quaternary nitrogens is 1. The number of thioether (sulfide) groups is 1. The lowest BCUT2D eigenvalue weighted by atomic mass is 9.86. The number of benzene rings is 1. The third-order valence-electron chi connectivity index (χ3n) is 3.79. The highest BCUT2D eigenvalue weighted by atomic mass is 35.5. The molecule has 108 valence electrons. The molecule has 0 bridgehead atoms. The predicted molar refractivity (Wildman–Crippen MR) is 82.5 cm³/mol. The molecule has 1 saturated heterocycles. The average molecular weight is 321 g/mol. The number of rotatable bonds is 1. The first-order valence-electron chi connectivity index (χ1n) is 6.75. The van der Waals surface area contributed by atoms with Gasteiger partial charge in [-0.3, -0.25) is 9.69 Å². The summed E-state index contributed by atoms with van der Waals surface area (Å²) in [5.74, 6) is 0.702. The Morgan fingerprint density at radius 1 is 1.48 bits per heavy atom. The number of hydrogen-bond donors (Lipinski definition) is 1. The zero-order valence-electron chi connectivity index (χ0n) is 11.6. The van der Waals surface area contributed by atoms with Gasteiger partial charge in [0.25, 0.3) is 0 Å². The summed E-state index contributed by atoms with van der Waals surface area (Å²) in [4.78, 5) is 15.4. The lowest BCUT2D eigenvalue weighted by molar-refractivity contribution is -0.876. The van der Waals surface area contributed by atoms with Crippen molar-refractivity contribution in [1.82, 2.24) is 4.90 Å². The molecule has 2 aliphatic heterocycles. The number of nitrogens with zero attached hydrogens (tertiary/aromatic N) is 2. The number of hydrogen-bond acceptors (Lipinski definition) is 3. The molecule has 0 aromatic heterocycles. The van der Waals surface area contributed by atoms with E-state index in [2.05, 4.69) is 6.07 Å². The van der Waals surface area contributed by atoms with Crippen LogP contribution >= 0.6 is 23.4 Å². The summed E-state index contributed by atoms with van der Waals surface area (Å²) in [6.45, 7) is 0.627. The summed E-state index contributed by atoms with van der Waals surface area (Å²) >= 11 is 7.84. The highest BCUT2D eigenvalue weighted by Crippen LogP contribution is 2.42. The molecular weight excluding hydrogens is 306 g/mol. The largest absolute Gasteiger partial charge is 0.311 e. The first-order chi connectivity index (χ1) is 10.1. The molecule has 6 heteroatoms. The van der Waals surface area contributed by atoms with Crippen LogP contribution in [0.1, 0.15) is 17.9 Å². The number of halogens is 1. The molecule has 1 N–H and O–H groups in total. The van der Waals surface area contributed by atoms with Crippen molar-refractivity contribution in [3.05, 3.63) is 45.5 Å². The van der Waals surface area contributed by atoms with Gasteiger partial charge in [-0.15, -0.1) is 0 Å². The van der Waals surface area contributed by atoms with Crippen LogP contribution in [0.2, 0.25) is 5.02 Å². The van der Waals surface area contributed by atoms with Crippen LogP contribution in [0, 0.1) is 11.3 Å². The predicted octanol–water partition coefficient (Wildman–Crippen LogP) is 1.57. The van der Waals surface area contributed by atoms with Gasteiger partial charge in [-0.1, -0.05) is 29.8 Å². The topological polar surface area (TPSA) is 48.5 Å². The smallest absolute Gasteiger partial charge is 0.232 e. The Labute approximate surface area is 133 Å². The second kappa shape index (κ2) is 5.72. The second-order valence-electron chi connectivity index (χ2n) is 5.33. The van der Waals surface area contributed by atoms with Gasteiger partial charge in [0, 0.05) is 17.4 Å². The number of fused-ring (bicyclic) bond motifs is 1. The standard InChI is InChI=1S/C15H14ClN3OS/c1-18-8-19-14(20)6-11(10-4-2-3-5-13(10)16)12(7-17)15(19)21-9-18/h2-5,11H,6,8-9H2,1H3/p+1/t11-/m0/s1. The fourth-order valence-electron chi connectivity index (χ4n) is 2.77. The minimum Gasteiger partial charge on any atom is -0.311 e. The van der Waals surface area contributed by atoms with Crippen LogP contribution in [0.3, 0.4) is 0 Å². The fourth-order valence-corrected chi connectivity index (χ4v) is 4.17. The first kappa shape index (κ1) is 14.5. The minimum absolute atomic E-state index is 0.0699. The normalized spacial score (nSPS) is 25.6. The molecule has 1 fully saturated rings. The highest BCUT2D eigenvalue weighted by molar-refractivity contribution is 8.02. The van der Waals surface area contributed by atoms with Crippen LogP contribution in [-0.2, 0) is 4.79 Å². The molecule has 1 amide bonds. The van der Waals surface area contributed by atoms with E-state index in [1.54, 1.807) is 22.7 Å². The first-order valence-corrected chi connectivity index (χ1v) is 8.11. The maximum Gasteiger partial charge on any atom is 0.232 e. The van der Waals surface area contributed by atoms with E-state index in [9.17, 15) is 10.1 Å². The quantitative estimate of drug-likeness (QED) is 0.854. The van der Waals surface area contributed by atoms with Gasteiger partial charge in [-0.05, 0) is 23.4 Å². The zero-order chi connectivity index (χ0) is 15.0. The Kier molecular flexibility index (Phi) is 3.94. The molecule has 1 aromatic rings. The average Bonchev–Trinajstić information content (AvgIpc) is 2.48. The molecule has 1 unspecified atom stereocenters. The van der Waals surface area contributed by atoms with Crippen molar-refractivity contribution in [2.75, 3.05) is 19.6 Å². The van der Waals surface area contributed by atoms with E-state index in [4.69, 9.17) is 11.6 Å². The number of nitrogens with one attached hydrogen (secondary N) is 1. The van der Waals surface area contributed by atoms with Crippen molar-refractivity contribution >= 4 is 29.3 Å². The Morgan fingerprint density at radius 2 is 2.24 bits per heavy atom. The van der Waals surface area contributed by atoms with Crippen LogP contribution in [0.4, 0.5) is 0 Å². The van der Waals surface area contributed by atoms with Crippen molar-refractivity contribution in [3.8, 4) is 6.07 Å². The molecule has 0 spiro atoms. The number of allylic oxidation sites excluding steroid dienone is 1. The lowest BCUT2D eigenvalue weighted by Crippen LogP contribution is -3.11. The van der Waals surface area contributed by atoms with E-state index < -0.39 is 0 Å². The SMILES string of the molecule is C[NH+]1CSC2=C(C#N)[C@H](c3ccccc3Cl)CC(=O)N2C1. The van der Waals surface area contributed by atoms with E-state index in [1.807, 2.05) is 25.2 Å². The minimum atomic E-state index is -0.228. The molecule has 4 nitrogen and oxygen atoms in total. The van der Waals surface area contributed by atoms with Crippen molar-refractivity contribution in [2.45, 2.75) is 12.3 Å². The number of nitriles is 1. The van der Waals surface area contributed by atoms with Crippen LogP contribution in [0.25, 0.3) is 0 Å². The fraction of sp³-hybridized carbons (Fsp3) is 0.333. The number of carbonyl (C=O) groups excluding carboxylic acids is 1. The molecule has 21 heavy (non-hydrogen) atoms. The van der Waals surface area contributed by atoms with Gasteiger partial charge in [0.05, 0.1) is 18.7 Å². The van der Waals surface area contributed by atoms with E-state index in [1.165, 1.54) is 4.90 Å². The van der Waals surface area contributed by atoms with Gasteiger partial charge in [0.1, 0.15) is 10.9 Å². The second-order valence-corrected chi connectivity index (χ2v) is 6.71. The molecule has 2 aliphatic rings. The van der Waals surface area contributed by atoms with Gasteiger partial charge >= 0.3 is 0 Å². The third-order valence-corrected chi connectivity index (χ3v) is 5.48. The summed E-state index contributed by atoms with van der Waals surface area (Å²) in [6.07, 6.45) is 0.309. The van der Waals surface area contributed by atoms with Crippen molar-refractivity contribution in [1.29, 1.82) is 5.26 Å². The van der Waals surface area contributed by atoms with E-state index in [0.717, 1.165) is 16.5 Å². The molecule has 2 heterocycles. The van der Waals surface area contributed by atoms with Gasteiger partial charge in [-0.2, -0.15) is 5.26 Å². The number of amides is 1. The monoisotopic (exact) mass is 320 g/mol. The molecule has 0 saturated carbocycles. The molecule has 3 rings (SSSR count). The van der Waals surface area contributed by atoms with Crippen molar-refractivity contribution < 1.29 is 9.69 Å². The highest BCUT2D eigenvalue weighted by Gasteiger charge is 2.39. The lowest BCUT2D eigenvalue weighted by Gasteiger charge is -2.38. The Balaban J connectivity index is 2.08. The maximum absolute atomic E-state index is 12.4. The maximum atomic E-state index is 12.4. The third kappa shape index (κ3) is 2.55. The summed E-state index contributed by atoms with van der Waals surface area (Å²) < 4.78 is 0. The molecule has 2 atom stereocenters. The van der Waals surface area contributed by atoms with Crippen LogP contribution in [0.15, 0.2) is 34.9 Å². The molecular formula is C15H15ClN3OS+. The Morgan fingerprint density at radius 3 is 2.95 bits per heavy atom. The van der Waals surface area contributed by atoms with Crippen LogP contribution in [-0.4, -0.2) is 30.4 Å². The number of carbonyl (C=O) groups is 1. The van der Waals surface area contributed by atoms with Gasteiger partial charge in [-0.25, -0.2) is 0 Å². The van der Waals surface area contributed by atoms with E-state index in [0.29, 0.717) is 23.7 Å². The van der Waals surface area contributed by atoms with Gasteiger partial charge < -0.3 is 4.90 Å². The van der Waals surface area contributed by atoms with Crippen LogP contribution < -0.4 is 4.90 Å². The molecule has 0 aliphatic carbocycles. The van der Waals surface area contributed by atoms with Crippen LogP contribution in [0.5, 0.6) is 0 Å². The molecule has 1 aromatic carbocycles. The van der Waals surface area contributed by atoms with Crippen molar-refractivity contribution in [2.24, 2.45) is 0 Å². The Bertz CT molecular complexity index is 667. The summed E-state index contributed by atoms with van der Waals surface area (Å²) in [7, 11) is 2.04. The summed E-state index contributed by atoms with van der Waals surface area (Å²) in [5, 5.41) is 11.0. The van der Waals surface area contributed by atoms with Gasteiger partial charge in [0.15, 0.2) is 6.67 Å².